The van der Waals surface area contributed by atoms with Gasteiger partial charge in [-0.05, 0) is 49.7 Å². The zero-order valence-corrected chi connectivity index (χ0v) is 10.8. The Morgan fingerprint density at radius 3 is 2.73 bits per heavy atom. The lowest BCUT2D eigenvalue weighted by molar-refractivity contribution is 0.462. The smallest absolute Gasteiger partial charge is 0.0131 e. The van der Waals surface area contributed by atoms with Gasteiger partial charge in [-0.2, -0.15) is 0 Å². The number of rotatable bonds is 5. The van der Waals surface area contributed by atoms with Gasteiger partial charge in [-0.25, -0.2) is 0 Å². The van der Waals surface area contributed by atoms with Crippen LogP contribution in [0.5, 0.6) is 0 Å². The molecule has 1 aromatic heterocycles. The van der Waals surface area contributed by atoms with Gasteiger partial charge in [0.1, 0.15) is 0 Å². The topological polar surface area (TPSA) is 12.0 Å². The molecule has 0 bridgehead atoms. The van der Waals surface area contributed by atoms with E-state index in [4.69, 9.17) is 0 Å². The molecule has 0 amide bonds. The van der Waals surface area contributed by atoms with Crippen LogP contribution in [0.2, 0.25) is 0 Å². The molecule has 1 fully saturated rings. The lowest BCUT2D eigenvalue weighted by atomic mass is 9.86. The van der Waals surface area contributed by atoms with Crippen LogP contribution in [-0.2, 0) is 5.41 Å². The monoisotopic (exact) mass is 223 g/mol. The molecule has 0 radical (unpaired) electrons. The molecular weight excluding hydrogens is 202 g/mol. The third-order valence-electron chi connectivity index (χ3n) is 3.24. The van der Waals surface area contributed by atoms with Gasteiger partial charge in [-0.1, -0.05) is 13.8 Å². The number of hydrogen-bond acceptors (Lipinski definition) is 2. The second-order valence-corrected chi connectivity index (χ2v) is 6.21. The highest BCUT2D eigenvalue weighted by molar-refractivity contribution is 7.10. The van der Waals surface area contributed by atoms with Crippen LogP contribution in [0, 0.1) is 6.92 Å². The lowest BCUT2D eigenvalue weighted by Crippen LogP contribution is -2.26. The zero-order chi connectivity index (χ0) is 10.9. The van der Waals surface area contributed by atoms with Gasteiger partial charge in [0.25, 0.3) is 0 Å². The van der Waals surface area contributed by atoms with Crippen molar-refractivity contribution in [2.45, 2.75) is 51.5 Å². The molecule has 1 nitrogen and oxygen atoms in total. The molecule has 84 valence electrons. The number of hydrogen-bond donors (Lipinski definition) is 1. The summed E-state index contributed by atoms with van der Waals surface area (Å²) in [6.45, 7) is 8.11. The summed E-state index contributed by atoms with van der Waals surface area (Å²) in [4.78, 5) is 1.56. The van der Waals surface area contributed by atoms with Crippen molar-refractivity contribution in [3.8, 4) is 0 Å². The van der Waals surface area contributed by atoms with Gasteiger partial charge in [-0.15, -0.1) is 11.3 Å². The van der Waals surface area contributed by atoms with E-state index in [0.717, 1.165) is 12.6 Å². The number of thiophene rings is 1. The standard InChI is InChI=1S/C13H21NS/c1-10-6-9-15-12(10)13(2,3)7-8-14-11-4-5-11/h6,9,11,14H,4-5,7-8H2,1-3H3. The third kappa shape index (κ3) is 2.82. The zero-order valence-electron chi connectivity index (χ0n) is 9.97. The summed E-state index contributed by atoms with van der Waals surface area (Å²) in [6, 6.07) is 3.07. The van der Waals surface area contributed by atoms with Crippen LogP contribution in [0.4, 0.5) is 0 Å². The second-order valence-electron chi connectivity index (χ2n) is 5.30. The highest BCUT2D eigenvalue weighted by Crippen LogP contribution is 2.33. The Labute approximate surface area is 96.9 Å². The van der Waals surface area contributed by atoms with Crippen molar-refractivity contribution in [2.75, 3.05) is 6.54 Å². The summed E-state index contributed by atoms with van der Waals surface area (Å²) in [5.41, 5.74) is 1.79. The van der Waals surface area contributed by atoms with Gasteiger partial charge in [0.05, 0.1) is 0 Å². The van der Waals surface area contributed by atoms with Crippen LogP contribution in [-0.4, -0.2) is 12.6 Å². The molecular formula is C13H21NS. The van der Waals surface area contributed by atoms with E-state index in [1.165, 1.54) is 24.8 Å². The Kier molecular flexibility index (Phi) is 3.17. The third-order valence-corrected chi connectivity index (χ3v) is 4.62. The van der Waals surface area contributed by atoms with Crippen LogP contribution >= 0.6 is 11.3 Å². The van der Waals surface area contributed by atoms with E-state index < -0.39 is 0 Å². The molecule has 1 aliphatic rings. The van der Waals surface area contributed by atoms with Crippen LogP contribution in [0.15, 0.2) is 11.4 Å². The summed E-state index contributed by atoms with van der Waals surface area (Å²) in [5, 5.41) is 5.81. The van der Waals surface area contributed by atoms with Crippen molar-refractivity contribution in [1.29, 1.82) is 0 Å². The molecule has 0 saturated heterocycles. The Morgan fingerprint density at radius 1 is 1.47 bits per heavy atom. The van der Waals surface area contributed by atoms with Crippen LogP contribution in [0.3, 0.4) is 0 Å². The van der Waals surface area contributed by atoms with E-state index in [2.05, 4.69) is 37.5 Å². The molecule has 0 aromatic carbocycles. The molecule has 1 aliphatic carbocycles. The quantitative estimate of drug-likeness (QED) is 0.806. The fourth-order valence-electron chi connectivity index (χ4n) is 2.06. The first-order chi connectivity index (χ1) is 7.09. The molecule has 0 aliphatic heterocycles. The molecule has 1 saturated carbocycles. The largest absolute Gasteiger partial charge is 0.314 e. The summed E-state index contributed by atoms with van der Waals surface area (Å²) >= 11 is 1.90. The fourth-order valence-corrected chi connectivity index (χ4v) is 3.14. The average Bonchev–Trinajstić information content (AvgIpc) is 2.86. The Morgan fingerprint density at radius 2 is 2.20 bits per heavy atom. The van der Waals surface area contributed by atoms with E-state index in [-0.39, 0.29) is 0 Å². The molecule has 1 aromatic rings. The summed E-state index contributed by atoms with van der Waals surface area (Å²) in [5.74, 6) is 0. The minimum atomic E-state index is 0.333. The number of nitrogens with one attached hydrogen (secondary N) is 1. The Balaban J connectivity index is 1.90. The normalized spacial score (nSPS) is 17.0. The van der Waals surface area contributed by atoms with Crippen molar-refractivity contribution in [2.24, 2.45) is 0 Å². The fraction of sp³-hybridized carbons (Fsp3) is 0.692. The van der Waals surface area contributed by atoms with Crippen molar-refractivity contribution >= 4 is 11.3 Å². The minimum absolute atomic E-state index is 0.333. The SMILES string of the molecule is Cc1ccsc1C(C)(C)CCNC1CC1. The predicted molar refractivity (Wildman–Crippen MR) is 67.7 cm³/mol. The molecule has 0 atom stereocenters. The molecule has 15 heavy (non-hydrogen) atoms. The first-order valence-electron chi connectivity index (χ1n) is 5.87. The molecule has 0 unspecified atom stereocenters. The van der Waals surface area contributed by atoms with Gasteiger partial charge >= 0.3 is 0 Å². The maximum absolute atomic E-state index is 3.60. The Bertz CT molecular complexity index is 323. The first-order valence-corrected chi connectivity index (χ1v) is 6.75. The summed E-state index contributed by atoms with van der Waals surface area (Å²) in [6.07, 6.45) is 4.02. The summed E-state index contributed by atoms with van der Waals surface area (Å²) in [7, 11) is 0. The van der Waals surface area contributed by atoms with Crippen LogP contribution < -0.4 is 5.32 Å². The Hall–Kier alpha value is -0.340. The predicted octanol–water partition coefficient (Wildman–Crippen LogP) is 3.48. The van der Waals surface area contributed by atoms with Crippen molar-refractivity contribution in [1.82, 2.24) is 5.32 Å². The van der Waals surface area contributed by atoms with Gasteiger partial charge < -0.3 is 5.32 Å². The second kappa shape index (κ2) is 4.26. The lowest BCUT2D eigenvalue weighted by Gasteiger charge is -2.24. The molecule has 2 rings (SSSR count). The summed E-state index contributed by atoms with van der Waals surface area (Å²) < 4.78 is 0. The van der Waals surface area contributed by atoms with Crippen LogP contribution in [0.25, 0.3) is 0 Å². The van der Waals surface area contributed by atoms with Crippen LogP contribution in [0.1, 0.15) is 43.6 Å². The van der Waals surface area contributed by atoms with E-state index in [1.54, 1.807) is 4.88 Å². The maximum atomic E-state index is 3.60. The number of aryl methyl sites for hydroxylation is 1. The van der Waals surface area contributed by atoms with E-state index in [1.807, 2.05) is 11.3 Å². The molecule has 1 heterocycles. The van der Waals surface area contributed by atoms with E-state index >= 15 is 0 Å². The highest BCUT2D eigenvalue weighted by atomic mass is 32.1. The molecule has 0 spiro atoms. The first kappa shape index (κ1) is 11.2. The maximum Gasteiger partial charge on any atom is 0.0131 e. The highest BCUT2D eigenvalue weighted by Gasteiger charge is 2.25. The van der Waals surface area contributed by atoms with Crippen molar-refractivity contribution < 1.29 is 0 Å². The van der Waals surface area contributed by atoms with Gasteiger partial charge in [-0.3, -0.25) is 0 Å². The van der Waals surface area contributed by atoms with Gasteiger partial charge in [0.15, 0.2) is 0 Å². The van der Waals surface area contributed by atoms with Crippen molar-refractivity contribution in [3.63, 3.8) is 0 Å². The van der Waals surface area contributed by atoms with Gasteiger partial charge in [0.2, 0.25) is 0 Å². The molecule has 1 N–H and O–H groups in total. The van der Waals surface area contributed by atoms with E-state index in [0.29, 0.717) is 5.41 Å². The average molecular weight is 223 g/mol. The van der Waals surface area contributed by atoms with E-state index in [9.17, 15) is 0 Å². The molecule has 2 heteroatoms. The minimum Gasteiger partial charge on any atom is -0.314 e. The van der Waals surface area contributed by atoms with Crippen molar-refractivity contribution in [3.05, 3.63) is 21.9 Å². The van der Waals surface area contributed by atoms with Gasteiger partial charge in [0, 0.05) is 16.3 Å².